The molecule has 32 heavy (non-hydrogen) atoms. The predicted molar refractivity (Wildman–Crippen MR) is 110 cm³/mol. The molecule has 1 aromatic carbocycles. The number of pyridine rings is 1. The van der Waals surface area contributed by atoms with Gasteiger partial charge in [-0.25, -0.2) is 9.97 Å². The minimum atomic E-state index is -4.80. The van der Waals surface area contributed by atoms with Crippen molar-refractivity contribution in [1.82, 2.24) is 24.3 Å². The summed E-state index contributed by atoms with van der Waals surface area (Å²) < 4.78 is 44.2. The molecule has 166 valence electrons. The molecule has 0 saturated heterocycles. The topological polar surface area (TPSA) is 95.1 Å². The average Bonchev–Trinajstić information content (AvgIpc) is 3.18. The van der Waals surface area contributed by atoms with Gasteiger partial charge in [-0.2, -0.15) is 5.10 Å². The Morgan fingerprint density at radius 1 is 1.19 bits per heavy atom. The van der Waals surface area contributed by atoms with Crippen LogP contribution in [-0.4, -0.2) is 42.4 Å². The van der Waals surface area contributed by atoms with Crippen LogP contribution in [0.25, 0.3) is 33.4 Å². The lowest BCUT2D eigenvalue weighted by atomic mass is 10.1. The maximum Gasteiger partial charge on any atom is 0.573 e. The number of aryl methyl sites for hydroxylation is 1. The molecular formula is C21H18F3N5O3. The van der Waals surface area contributed by atoms with Crippen molar-refractivity contribution in [3.8, 4) is 28.3 Å². The van der Waals surface area contributed by atoms with Gasteiger partial charge in [-0.05, 0) is 37.3 Å². The van der Waals surface area contributed by atoms with Gasteiger partial charge in [0.25, 0.3) is 5.56 Å². The SMILES string of the molecule is C[C@@H](CO)n1cnc2c(-c3cnn(C)c3)nc(-c3ccc(OC(F)(F)F)cc3)cc2c1=O. The molecule has 0 spiro atoms. The third kappa shape index (κ3) is 4.19. The zero-order valence-corrected chi connectivity index (χ0v) is 17.0. The summed E-state index contributed by atoms with van der Waals surface area (Å²) in [7, 11) is 1.73. The summed E-state index contributed by atoms with van der Waals surface area (Å²) in [6, 6.07) is 6.24. The largest absolute Gasteiger partial charge is 0.573 e. The predicted octanol–water partition coefficient (Wildman–Crippen LogP) is 3.31. The van der Waals surface area contributed by atoms with E-state index in [0.29, 0.717) is 28.0 Å². The highest BCUT2D eigenvalue weighted by atomic mass is 19.4. The summed E-state index contributed by atoms with van der Waals surface area (Å²) in [5.74, 6) is -0.365. The summed E-state index contributed by atoms with van der Waals surface area (Å²) >= 11 is 0. The highest BCUT2D eigenvalue weighted by Gasteiger charge is 2.31. The maximum absolute atomic E-state index is 13.1. The fraction of sp³-hybridized carbons (Fsp3) is 0.238. The van der Waals surface area contributed by atoms with Crippen molar-refractivity contribution in [1.29, 1.82) is 0 Å². The van der Waals surface area contributed by atoms with Crippen LogP contribution in [0.15, 0.2) is 53.8 Å². The average molecular weight is 445 g/mol. The van der Waals surface area contributed by atoms with Crippen LogP contribution in [0.3, 0.4) is 0 Å². The van der Waals surface area contributed by atoms with Crippen LogP contribution >= 0.6 is 0 Å². The third-order valence-electron chi connectivity index (χ3n) is 4.87. The summed E-state index contributed by atoms with van der Waals surface area (Å²) in [5, 5.41) is 13.9. The van der Waals surface area contributed by atoms with Gasteiger partial charge >= 0.3 is 6.36 Å². The summed E-state index contributed by atoms with van der Waals surface area (Å²) in [4.78, 5) is 22.1. The minimum absolute atomic E-state index is 0.249. The van der Waals surface area contributed by atoms with Crippen LogP contribution < -0.4 is 10.3 Å². The number of halogens is 3. The van der Waals surface area contributed by atoms with E-state index < -0.39 is 12.4 Å². The summed E-state index contributed by atoms with van der Waals surface area (Å²) in [6.45, 7) is 1.43. The minimum Gasteiger partial charge on any atom is -0.406 e. The zero-order chi connectivity index (χ0) is 23.0. The van der Waals surface area contributed by atoms with Crippen molar-refractivity contribution in [2.24, 2.45) is 7.05 Å². The fourth-order valence-corrected chi connectivity index (χ4v) is 3.27. The fourth-order valence-electron chi connectivity index (χ4n) is 3.27. The second-order valence-corrected chi connectivity index (χ2v) is 7.22. The number of alkyl halides is 3. The molecule has 3 aromatic heterocycles. The molecular weight excluding hydrogens is 427 g/mol. The number of aliphatic hydroxyl groups is 1. The van der Waals surface area contributed by atoms with Crippen LogP contribution in [0.1, 0.15) is 13.0 Å². The second-order valence-electron chi connectivity index (χ2n) is 7.22. The number of aliphatic hydroxyl groups excluding tert-OH is 1. The van der Waals surface area contributed by atoms with Gasteiger partial charge in [0.2, 0.25) is 0 Å². The first kappa shape index (κ1) is 21.5. The molecule has 0 unspecified atom stereocenters. The number of nitrogens with zero attached hydrogens (tertiary/aromatic N) is 5. The molecule has 0 aliphatic carbocycles. The van der Waals surface area contributed by atoms with Crippen molar-refractivity contribution in [2.75, 3.05) is 6.61 Å². The molecule has 3 heterocycles. The molecule has 1 atom stereocenters. The number of rotatable bonds is 5. The third-order valence-corrected chi connectivity index (χ3v) is 4.87. The van der Waals surface area contributed by atoms with Crippen LogP contribution in [0.2, 0.25) is 0 Å². The zero-order valence-electron chi connectivity index (χ0n) is 17.0. The van der Waals surface area contributed by atoms with Crippen LogP contribution in [-0.2, 0) is 7.05 Å². The monoisotopic (exact) mass is 445 g/mol. The maximum atomic E-state index is 13.1. The van der Waals surface area contributed by atoms with Crippen LogP contribution in [0.4, 0.5) is 13.2 Å². The van der Waals surface area contributed by atoms with Crippen LogP contribution in [0.5, 0.6) is 5.75 Å². The molecule has 0 aliphatic rings. The first-order chi connectivity index (χ1) is 15.2. The number of aromatic nitrogens is 5. The van der Waals surface area contributed by atoms with Gasteiger partial charge in [-0.15, -0.1) is 13.2 Å². The molecule has 1 N–H and O–H groups in total. The lowest BCUT2D eigenvalue weighted by Gasteiger charge is -2.14. The highest BCUT2D eigenvalue weighted by molar-refractivity contribution is 5.93. The van der Waals surface area contributed by atoms with E-state index in [0.717, 1.165) is 0 Å². The number of ether oxygens (including phenoxy) is 1. The first-order valence-corrected chi connectivity index (χ1v) is 9.54. The number of fused-ring (bicyclic) bond motifs is 1. The smallest absolute Gasteiger partial charge is 0.406 e. The van der Waals surface area contributed by atoms with Gasteiger partial charge in [0.15, 0.2) is 0 Å². The lowest BCUT2D eigenvalue weighted by Crippen LogP contribution is -2.25. The van der Waals surface area contributed by atoms with Crippen molar-refractivity contribution in [3.05, 3.63) is 59.4 Å². The molecule has 8 nitrogen and oxygen atoms in total. The van der Waals surface area contributed by atoms with Gasteiger partial charge in [-0.1, -0.05) is 0 Å². The van der Waals surface area contributed by atoms with Gasteiger partial charge in [0, 0.05) is 24.4 Å². The van der Waals surface area contributed by atoms with E-state index in [1.54, 1.807) is 31.0 Å². The summed E-state index contributed by atoms with van der Waals surface area (Å²) in [6.07, 6.45) is -0.142. The Bertz CT molecular complexity index is 1330. The van der Waals surface area contributed by atoms with Crippen molar-refractivity contribution >= 4 is 10.9 Å². The van der Waals surface area contributed by atoms with Crippen molar-refractivity contribution in [3.63, 3.8) is 0 Å². The van der Waals surface area contributed by atoms with Gasteiger partial charge in [0.1, 0.15) is 17.0 Å². The Morgan fingerprint density at radius 2 is 1.91 bits per heavy atom. The van der Waals surface area contributed by atoms with E-state index in [9.17, 15) is 23.1 Å². The molecule has 0 bridgehead atoms. The number of hydrogen-bond donors (Lipinski definition) is 1. The quantitative estimate of drug-likeness (QED) is 0.507. The molecule has 0 saturated carbocycles. The number of hydrogen-bond acceptors (Lipinski definition) is 6. The summed E-state index contributed by atoms with van der Waals surface area (Å²) in [5.41, 5.74) is 1.85. The van der Waals surface area contributed by atoms with E-state index >= 15 is 0 Å². The number of benzene rings is 1. The first-order valence-electron chi connectivity index (χ1n) is 9.54. The normalized spacial score (nSPS) is 12.8. The molecule has 0 aliphatic heterocycles. The van der Waals surface area contributed by atoms with E-state index in [1.807, 2.05) is 0 Å². The van der Waals surface area contributed by atoms with Crippen molar-refractivity contribution < 1.29 is 23.0 Å². The van der Waals surface area contributed by atoms with Gasteiger partial charge in [-0.3, -0.25) is 14.0 Å². The Morgan fingerprint density at radius 3 is 2.50 bits per heavy atom. The van der Waals surface area contributed by atoms with E-state index in [-0.39, 0.29) is 23.3 Å². The Labute approximate surface area is 179 Å². The van der Waals surface area contributed by atoms with Gasteiger partial charge in [0.05, 0.1) is 36.3 Å². The standard InChI is InChI=1S/C21H18F3N5O3/c1-12(10-30)29-11-25-19-16(20(29)31)7-17(27-18(19)14-8-26-28(2)9-14)13-3-5-15(6-4-13)32-21(22,23)24/h3-9,11-12,30H,10H2,1-2H3/t12-/m0/s1. The van der Waals surface area contributed by atoms with Crippen LogP contribution in [0, 0.1) is 0 Å². The molecule has 4 rings (SSSR count). The molecule has 11 heteroatoms. The highest BCUT2D eigenvalue weighted by Crippen LogP contribution is 2.30. The van der Waals surface area contributed by atoms with Gasteiger partial charge < -0.3 is 9.84 Å². The Balaban J connectivity index is 1.91. The molecule has 4 aromatic rings. The van der Waals surface area contributed by atoms with E-state index in [1.165, 1.54) is 41.2 Å². The second kappa shape index (κ2) is 8.08. The van der Waals surface area contributed by atoms with E-state index in [2.05, 4.69) is 19.8 Å². The van der Waals surface area contributed by atoms with Crippen molar-refractivity contribution in [2.45, 2.75) is 19.3 Å². The van der Waals surface area contributed by atoms with E-state index in [4.69, 9.17) is 0 Å². The molecule has 0 amide bonds. The Kier molecular flexibility index (Phi) is 5.43. The molecule has 0 fully saturated rings. The Hall–Kier alpha value is -3.73. The lowest BCUT2D eigenvalue weighted by molar-refractivity contribution is -0.274. The molecule has 0 radical (unpaired) electrons.